The first kappa shape index (κ1) is 26.2. The van der Waals surface area contributed by atoms with Gasteiger partial charge in [-0.05, 0) is 58.1 Å². The van der Waals surface area contributed by atoms with Crippen molar-refractivity contribution in [3.8, 4) is 5.75 Å². The molecule has 2 aromatic heterocycles. The van der Waals surface area contributed by atoms with E-state index in [9.17, 15) is 9.59 Å². The fourth-order valence-electron chi connectivity index (χ4n) is 5.29. The monoisotopic (exact) mass is 547 g/mol. The lowest BCUT2D eigenvalue weighted by atomic mass is 10.1. The van der Waals surface area contributed by atoms with Gasteiger partial charge in [0.2, 0.25) is 0 Å². The van der Waals surface area contributed by atoms with E-state index < -0.39 is 5.60 Å². The fraction of sp³-hybridized carbons (Fsp3) is 0.517. The number of urea groups is 1. The molecule has 1 aliphatic carbocycles. The van der Waals surface area contributed by atoms with Crippen molar-refractivity contribution in [3.05, 3.63) is 36.2 Å². The zero-order valence-corrected chi connectivity index (χ0v) is 23.6. The summed E-state index contributed by atoms with van der Waals surface area (Å²) in [6.07, 6.45) is 6.48. The Morgan fingerprint density at radius 3 is 2.60 bits per heavy atom. The van der Waals surface area contributed by atoms with Crippen LogP contribution in [0.25, 0.3) is 10.9 Å². The minimum absolute atomic E-state index is 0.238. The van der Waals surface area contributed by atoms with Gasteiger partial charge in [0.25, 0.3) is 0 Å². The Kier molecular flexibility index (Phi) is 6.67. The van der Waals surface area contributed by atoms with E-state index in [0.717, 1.165) is 22.2 Å². The van der Waals surface area contributed by atoms with Crippen LogP contribution in [0.1, 0.15) is 39.2 Å². The first-order chi connectivity index (χ1) is 19.1. The number of rotatable bonds is 5. The van der Waals surface area contributed by atoms with Crippen LogP contribution in [0.2, 0.25) is 0 Å². The molecule has 2 aliphatic heterocycles. The van der Waals surface area contributed by atoms with Crippen molar-refractivity contribution in [2.75, 3.05) is 54.4 Å². The maximum absolute atomic E-state index is 13.6. The Labute approximate surface area is 234 Å². The Morgan fingerprint density at radius 1 is 1.10 bits per heavy atom. The number of benzene rings is 1. The van der Waals surface area contributed by atoms with Crippen LogP contribution >= 0.6 is 0 Å². The molecule has 1 saturated carbocycles. The molecule has 1 saturated heterocycles. The van der Waals surface area contributed by atoms with E-state index in [-0.39, 0.29) is 12.1 Å². The molecule has 2 fully saturated rings. The predicted molar refractivity (Wildman–Crippen MR) is 153 cm³/mol. The number of nitrogens with one attached hydrogen (secondary N) is 1. The summed E-state index contributed by atoms with van der Waals surface area (Å²) in [5, 5.41) is 8.52. The van der Waals surface area contributed by atoms with Crippen molar-refractivity contribution >= 4 is 40.2 Å². The fourth-order valence-corrected chi connectivity index (χ4v) is 5.29. The number of aryl methyl sites for hydroxylation is 1. The third kappa shape index (κ3) is 5.50. The van der Waals surface area contributed by atoms with Gasteiger partial charge in [-0.2, -0.15) is 5.10 Å². The van der Waals surface area contributed by atoms with Gasteiger partial charge in [0, 0.05) is 74.9 Å². The number of hydrogen-bond acceptors (Lipinski definition) is 7. The van der Waals surface area contributed by atoms with E-state index >= 15 is 0 Å². The van der Waals surface area contributed by atoms with E-state index in [1.54, 1.807) is 20.7 Å². The van der Waals surface area contributed by atoms with Gasteiger partial charge in [0.1, 0.15) is 17.2 Å². The lowest BCUT2D eigenvalue weighted by molar-refractivity contribution is 0.0240. The van der Waals surface area contributed by atoms with Crippen molar-refractivity contribution in [2.45, 2.75) is 45.6 Å². The van der Waals surface area contributed by atoms with Crippen LogP contribution in [0, 0.1) is 5.92 Å². The highest BCUT2D eigenvalue weighted by Crippen LogP contribution is 2.37. The number of nitrogens with zero attached hydrogens (tertiary/aromatic N) is 6. The van der Waals surface area contributed by atoms with Crippen LogP contribution in [0.5, 0.6) is 5.75 Å². The zero-order valence-electron chi connectivity index (χ0n) is 23.6. The van der Waals surface area contributed by atoms with Gasteiger partial charge in [0.05, 0.1) is 17.8 Å². The molecule has 3 amide bonds. The summed E-state index contributed by atoms with van der Waals surface area (Å²) in [5.41, 5.74) is 3.06. The minimum Gasteiger partial charge on any atom is -0.491 e. The molecule has 212 valence electrons. The maximum atomic E-state index is 13.6. The summed E-state index contributed by atoms with van der Waals surface area (Å²) in [6.45, 7) is 9.35. The molecule has 1 aromatic carbocycles. The number of hydrogen-bond donors (Lipinski definition) is 1. The molecule has 11 heteroatoms. The van der Waals surface area contributed by atoms with E-state index in [1.807, 2.05) is 52.2 Å². The third-order valence-electron chi connectivity index (χ3n) is 7.50. The van der Waals surface area contributed by atoms with Crippen molar-refractivity contribution in [1.29, 1.82) is 0 Å². The van der Waals surface area contributed by atoms with Crippen molar-refractivity contribution in [2.24, 2.45) is 13.0 Å². The second-order valence-electron chi connectivity index (χ2n) is 11.9. The lowest BCUT2D eigenvalue weighted by Crippen LogP contribution is -2.50. The molecule has 0 unspecified atom stereocenters. The van der Waals surface area contributed by atoms with Gasteiger partial charge in [-0.1, -0.05) is 0 Å². The number of aromatic nitrogens is 3. The van der Waals surface area contributed by atoms with Crippen molar-refractivity contribution in [1.82, 2.24) is 19.7 Å². The average Bonchev–Trinajstić information content (AvgIpc) is 3.52. The molecule has 4 heterocycles. The molecule has 11 nitrogen and oxygen atoms in total. The van der Waals surface area contributed by atoms with Crippen LogP contribution in [0.4, 0.5) is 26.8 Å². The van der Waals surface area contributed by atoms with Crippen LogP contribution in [0.3, 0.4) is 0 Å². The molecule has 3 aromatic rings. The summed E-state index contributed by atoms with van der Waals surface area (Å²) in [5.74, 6) is 1.89. The number of anilines is 3. The van der Waals surface area contributed by atoms with Gasteiger partial charge in [-0.3, -0.25) is 9.58 Å². The van der Waals surface area contributed by atoms with Crippen molar-refractivity contribution in [3.63, 3.8) is 0 Å². The molecule has 0 bridgehead atoms. The molecular formula is C29H37N7O4. The maximum Gasteiger partial charge on any atom is 0.410 e. The SMILES string of the molecule is Cn1cc2cc(NC(=O)N3CCc4c(N5CCN(C(=O)OC(C)(C)C)CC5)ccnc43)c(OCC3CC3)cc2n1. The normalized spacial score (nSPS) is 17.2. The topological polar surface area (TPSA) is 105 Å². The van der Waals surface area contributed by atoms with Gasteiger partial charge in [0.15, 0.2) is 0 Å². The molecule has 0 radical (unpaired) electrons. The summed E-state index contributed by atoms with van der Waals surface area (Å²) in [6, 6.07) is 5.59. The van der Waals surface area contributed by atoms with E-state index in [4.69, 9.17) is 9.47 Å². The van der Waals surface area contributed by atoms with E-state index in [2.05, 4.69) is 20.3 Å². The zero-order chi connectivity index (χ0) is 28.0. The number of piperazine rings is 1. The number of pyridine rings is 1. The highest BCUT2D eigenvalue weighted by atomic mass is 16.6. The Hall–Kier alpha value is -4.02. The Balaban J connectivity index is 1.17. The van der Waals surface area contributed by atoms with Crippen LogP contribution in [0.15, 0.2) is 30.6 Å². The summed E-state index contributed by atoms with van der Waals surface area (Å²) in [4.78, 5) is 36.4. The number of amides is 3. The molecule has 3 aliphatic rings. The number of fused-ring (bicyclic) bond motifs is 2. The van der Waals surface area contributed by atoms with Gasteiger partial charge < -0.3 is 24.6 Å². The Morgan fingerprint density at radius 2 is 1.88 bits per heavy atom. The molecule has 0 spiro atoms. The summed E-state index contributed by atoms with van der Waals surface area (Å²) < 4.78 is 13.4. The Bertz CT molecular complexity index is 1430. The lowest BCUT2D eigenvalue weighted by Gasteiger charge is -2.37. The number of carbonyl (C=O) groups is 2. The first-order valence-electron chi connectivity index (χ1n) is 14.0. The standard InChI is InChI=1S/C29H37N7O4/c1-29(2,3)40-28(38)35-13-11-34(12-14-35)24-7-9-30-26-21(24)8-10-36(26)27(37)31-23-15-20-17-33(4)32-22(20)16-25(23)39-18-19-5-6-19/h7,9,15-17,19H,5-6,8,10-14,18H2,1-4H3,(H,31,37). The largest absolute Gasteiger partial charge is 0.491 e. The van der Waals surface area contributed by atoms with Crippen LogP contribution in [-0.2, 0) is 18.2 Å². The minimum atomic E-state index is -0.516. The first-order valence-corrected chi connectivity index (χ1v) is 14.0. The van der Waals surface area contributed by atoms with Gasteiger partial charge >= 0.3 is 12.1 Å². The molecule has 1 N–H and O–H groups in total. The number of carbonyl (C=O) groups excluding carboxylic acids is 2. The second-order valence-corrected chi connectivity index (χ2v) is 11.9. The second kappa shape index (κ2) is 10.2. The highest BCUT2D eigenvalue weighted by Gasteiger charge is 2.32. The highest BCUT2D eigenvalue weighted by molar-refractivity contribution is 6.05. The molecule has 6 rings (SSSR count). The quantitative estimate of drug-likeness (QED) is 0.505. The van der Waals surface area contributed by atoms with Gasteiger partial charge in [-0.25, -0.2) is 14.6 Å². The van der Waals surface area contributed by atoms with Crippen molar-refractivity contribution < 1.29 is 19.1 Å². The van der Waals surface area contributed by atoms with E-state index in [1.165, 1.54) is 12.8 Å². The molecular weight excluding hydrogens is 510 g/mol. The number of ether oxygens (including phenoxy) is 2. The summed E-state index contributed by atoms with van der Waals surface area (Å²) in [7, 11) is 1.88. The predicted octanol–water partition coefficient (Wildman–Crippen LogP) is 4.41. The third-order valence-corrected chi connectivity index (χ3v) is 7.50. The van der Waals surface area contributed by atoms with Gasteiger partial charge in [-0.15, -0.1) is 0 Å². The molecule has 0 atom stereocenters. The van der Waals surface area contributed by atoms with Crippen LogP contribution in [-0.4, -0.2) is 76.7 Å². The smallest absolute Gasteiger partial charge is 0.410 e. The van der Waals surface area contributed by atoms with E-state index in [0.29, 0.717) is 68.9 Å². The molecule has 40 heavy (non-hydrogen) atoms. The van der Waals surface area contributed by atoms with Crippen LogP contribution < -0.4 is 19.9 Å². The average molecular weight is 548 g/mol. The summed E-state index contributed by atoms with van der Waals surface area (Å²) >= 11 is 0.